The van der Waals surface area contributed by atoms with Crippen molar-refractivity contribution in [3.63, 3.8) is 0 Å². The maximum atomic E-state index is 13.3. The largest absolute Gasteiger partial charge is 0.324 e. The standard InChI is InChI=1S/C10H13Cl2FN2O2S2/c1-8-4-6-9(7-5-8)15(18-10(11,12)13)19-17-16-14(2)3/h4-7H,1-3H3. The quantitative estimate of drug-likeness (QED) is 0.237. The van der Waals surface area contributed by atoms with E-state index >= 15 is 0 Å². The molecule has 0 aliphatic rings. The van der Waals surface area contributed by atoms with Crippen LogP contribution < -0.4 is 3.71 Å². The number of alkyl halides is 3. The molecule has 0 bridgehead atoms. The van der Waals surface area contributed by atoms with Crippen LogP contribution in [0.15, 0.2) is 24.3 Å². The zero-order valence-electron chi connectivity index (χ0n) is 10.5. The van der Waals surface area contributed by atoms with Crippen LogP contribution in [0, 0.1) is 6.92 Å². The van der Waals surface area contributed by atoms with E-state index in [1.165, 1.54) is 8.77 Å². The summed E-state index contributed by atoms with van der Waals surface area (Å²) in [4.78, 5) is 4.76. The van der Waals surface area contributed by atoms with E-state index in [9.17, 15) is 4.39 Å². The van der Waals surface area contributed by atoms with Crippen LogP contribution in [-0.2, 0) is 9.32 Å². The highest BCUT2D eigenvalue weighted by molar-refractivity contribution is 8.17. The SMILES string of the molecule is Cc1ccc(N(SOON(C)C)SC(F)(Cl)Cl)cc1. The molecule has 19 heavy (non-hydrogen) atoms. The number of aryl methyl sites for hydroxylation is 1. The molecule has 0 saturated heterocycles. The number of nitrogens with zero attached hydrogens (tertiary/aromatic N) is 2. The van der Waals surface area contributed by atoms with Crippen LogP contribution in [0.4, 0.5) is 10.1 Å². The van der Waals surface area contributed by atoms with Crippen molar-refractivity contribution in [3.05, 3.63) is 29.8 Å². The van der Waals surface area contributed by atoms with Gasteiger partial charge in [0.15, 0.2) is 12.2 Å². The minimum absolute atomic E-state index is 0.549. The average Bonchev–Trinajstić information content (AvgIpc) is 2.26. The number of hydrogen-bond acceptors (Lipinski definition) is 6. The summed E-state index contributed by atoms with van der Waals surface area (Å²) in [5, 5.41) is 1.34. The molecule has 0 atom stereocenters. The van der Waals surface area contributed by atoms with Crippen LogP contribution in [0.1, 0.15) is 5.56 Å². The Morgan fingerprint density at radius 2 is 1.79 bits per heavy atom. The molecule has 0 N–H and O–H groups in total. The Morgan fingerprint density at radius 1 is 1.21 bits per heavy atom. The molecule has 4 nitrogen and oxygen atoms in total. The van der Waals surface area contributed by atoms with Crippen molar-refractivity contribution in [3.8, 4) is 0 Å². The molecule has 9 heteroatoms. The van der Waals surface area contributed by atoms with E-state index in [2.05, 4.69) is 0 Å². The molecule has 0 fully saturated rings. The van der Waals surface area contributed by atoms with Gasteiger partial charge in [-0.2, -0.15) is 9.45 Å². The van der Waals surface area contributed by atoms with Crippen LogP contribution in [0.25, 0.3) is 0 Å². The Bertz CT molecular complexity index is 390. The van der Waals surface area contributed by atoms with Gasteiger partial charge in [0.05, 0.1) is 5.69 Å². The number of halogens is 3. The number of hydrogen-bond donors (Lipinski definition) is 0. The van der Waals surface area contributed by atoms with Crippen LogP contribution in [-0.4, -0.2) is 23.1 Å². The van der Waals surface area contributed by atoms with Crippen molar-refractivity contribution >= 4 is 53.1 Å². The van der Waals surface area contributed by atoms with Crippen molar-refractivity contribution in [2.75, 3.05) is 17.8 Å². The summed E-state index contributed by atoms with van der Waals surface area (Å²) < 4.78 is 17.1. The first kappa shape index (κ1) is 17.2. The molecule has 0 aliphatic carbocycles. The van der Waals surface area contributed by atoms with E-state index in [0.717, 1.165) is 17.8 Å². The highest BCUT2D eigenvalue weighted by Gasteiger charge is 2.29. The van der Waals surface area contributed by atoms with Crippen LogP contribution in [0.2, 0.25) is 0 Å². The van der Waals surface area contributed by atoms with Crippen LogP contribution in [0.3, 0.4) is 0 Å². The van der Waals surface area contributed by atoms with E-state index in [0.29, 0.717) is 17.6 Å². The second-order valence-corrected chi connectivity index (χ2v) is 7.33. The Labute approximate surface area is 130 Å². The van der Waals surface area contributed by atoms with Gasteiger partial charge in [-0.05, 0) is 19.1 Å². The molecule has 108 valence electrons. The second kappa shape index (κ2) is 7.78. The molecular formula is C10H13Cl2FN2O2S2. The zero-order chi connectivity index (χ0) is 14.5. The Kier molecular flexibility index (Phi) is 7.02. The predicted molar refractivity (Wildman–Crippen MR) is 80.2 cm³/mol. The van der Waals surface area contributed by atoms with E-state index < -0.39 is 3.92 Å². The summed E-state index contributed by atoms with van der Waals surface area (Å²) in [6.45, 7) is 1.95. The van der Waals surface area contributed by atoms with Gasteiger partial charge in [-0.3, -0.25) is 0 Å². The molecule has 0 heterocycles. The van der Waals surface area contributed by atoms with Gasteiger partial charge in [-0.1, -0.05) is 40.9 Å². The van der Waals surface area contributed by atoms with E-state index in [-0.39, 0.29) is 0 Å². The van der Waals surface area contributed by atoms with Gasteiger partial charge in [0.25, 0.3) is 0 Å². The van der Waals surface area contributed by atoms with Crippen molar-refractivity contribution in [1.29, 1.82) is 0 Å². The van der Waals surface area contributed by atoms with E-state index in [1.54, 1.807) is 26.2 Å². The molecule has 0 spiro atoms. The van der Waals surface area contributed by atoms with Gasteiger partial charge in [-0.25, -0.2) is 3.71 Å². The Hall–Kier alpha value is 0.110. The first-order valence-electron chi connectivity index (χ1n) is 5.09. The van der Waals surface area contributed by atoms with Crippen molar-refractivity contribution in [2.24, 2.45) is 0 Å². The van der Waals surface area contributed by atoms with Crippen LogP contribution >= 0.6 is 47.4 Å². The Balaban J connectivity index is 2.71. The smallest absolute Gasteiger partial charge is 0.227 e. The first-order valence-corrected chi connectivity index (χ1v) is 7.32. The topological polar surface area (TPSA) is 24.9 Å². The highest BCUT2D eigenvalue weighted by atomic mass is 35.5. The monoisotopic (exact) mass is 346 g/mol. The molecule has 0 radical (unpaired) electrons. The lowest BCUT2D eigenvalue weighted by molar-refractivity contribution is -0.340. The zero-order valence-corrected chi connectivity index (χ0v) is 13.6. The highest BCUT2D eigenvalue weighted by Crippen LogP contribution is 2.44. The summed E-state index contributed by atoms with van der Waals surface area (Å²) in [7, 11) is 3.29. The maximum Gasteiger partial charge on any atom is 0.324 e. The number of benzene rings is 1. The molecule has 0 unspecified atom stereocenters. The van der Waals surface area contributed by atoms with Crippen molar-refractivity contribution in [2.45, 2.75) is 10.8 Å². The van der Waals surface area contributed by atoms with E-state index in [4.69, 9.17) is 32.5 Å². The lowest BCUT2D eigenvalue weighted by Crippen LogP contribution is -2.16. The van der Waals surface area contributed by atoms with Gasteiger partial charge >= 0.3 is 3.92 Å². The van der Waals surface area contributed by atoms with Crippen LogP contribution in [0.5, 0.6) is 0 Å². The fourth-order valence-corrected chi connectivity index (χ4v) is 2.96. The summed E-state index contributed by atoms with van der Waals surface area (Å²) in [6, 6.07) is 7.32. The normalized spacial score (nSPS) is 11.9. The minimum Gasteiger partial charge on any atom is -0.227 e. The summed E-state index contributed by atoms with van der Waals surface area (Å²) in [5.74, 6) is 0. The minimum atomic E-state index is -2.47. The third-order valence-electron chi connectivity index (χ3n) is 1.71. The molecular weight excluding hydrogens is 334 g/mol. The van der Waals surface area contributed by atoms with Gasteiger partial charge in [0, 0.05) is 26.0 Å². The number of anilines is 1. The van der Waals surface area contributed by atoms with Gasteiger partial charge < -0.3 is 0 Å². The van der Waals surface area contributed by atoms with E-state index in [1.807, 2.05) is 19.1 Å². The first-order chi connectivity index (χ1) is 8.78. The lowest BCUT2D eigenvalue weighted by atomic mass is 10.2. The predicted octanol–water partition coefficient (Wildman–Crippen LogP) is 4.50. The number of hydroxylamine groups is 2. The van der Waals surface area contributed by atoms with Gasteiger partial charge in [-0.15, -0.1) is 9.32 Å². The molecule has 0 saturated carbocycles. The maximum absolute atomic E-state index is 13.3. The molecule has 0 amide bonds. The lowest BCUT2D eigenvalue weighted by Gasteiger charge is -2.22. The Morgan fingerprint density at radius 3 is 2.26 bits per heavy atom. The van der Waals surface area contributed by atoms with Gasteiger partial charge in [0.1, 0.15) is 0 Å². The summed E-state index contributed by atoms with van der Waals surface area (Å²) >= 11 is 12.0. The summed E-state index contributed by atoms with van der Waals surface area (Å²) in [5.41, 5.74) is 1.73. The average molecular weight is 347 g/mol. The van der Waals surface area contributed by atoms with Crippen molar-refractivity contribution in [1.82, 2.24) is 5.06 Å². The van der Waals surface area contributed by atoms with Crippen molar-refractivity contribution < 1.29 is 13.7 Å². The molecule has 1 aromatic rings. The number of rotatable bonds is 7. The second-order valence-electron chi connectivity index (χ2n) is 3.66. The molecule has 0 aliphatic heterocycles. The molecule has 0 aromatic heterocycles. The fourth-order valence-electron chi connectivity index (χ4n) is 0.974. The fraction of sp³-hybridized carbons (Fsp3) is 0.400. The molecule has 1 aromatic carbocycles. The third-order valence-corrected chi connectivity index (χ3v) is 3.58. The summed E-state index contributed by atoms with van der Waals surface area (Å²) in [6.07, 6.45) is 0. The molecule has 1 rings (SSSR count). The third kappa shape index (κ3) is 7.45. The van der Waals surface area contributed by atoms with Gasteiger partial charge in [0.2, 0.25) is 0 Å².